The second-order valence-corrected chi connectivity index (χ2v) is 8.72. The van der Waals surface area contributed by atoms with Crippen LogP contribution in [-0.4, -0.2) is 37.3 Å². The van der Waals surface area contributed by atoms with Crippen LogP contribution in [0.1, 0.15) is 40.0 Å². The third kappa shape index (κ3) is 4.42. The monoisotopic (exact) mass is 424 g/mol. The predicted molar refractivity (Wildman–Crippen MR) is 115 cm³/mol. The van der Waals surface area contributed by atoms with Gasteiger partial charge in [-0.3, -0.25) is 4.98 Å². The summed E-state index contributed by atoms with van der Waals surface area (Å²) in [4.78, 5) is 16.1. The molecule has 0 bridgehead atoms. The Labute approximate surface area is 177 Å². The van der Waals surface area contributed by atoms with E-state index in [2.05, 4.69) is 4.98 Å². The second-order valence-electron chi connectivity index (χ2n) is 6.83. The van der Waals surface area contributed by atoms with E-state index in [1.54, 1.807) is 25.4 Å². The summed E-state index contributed by atoms with van der Waals surface area (Å²) in [6.07, 6.45) is 3.33. The van der Waals surface area contributed by atoms with Gasteiger partial charge < -0.3 is 4.74 Å². The summed E-state index contributed by atoms with van der Waals surface area (Å²) in [5.74, 6) is -0.586. The van der Waals surface area contributed by atoms with E-state index in [4.69, 9.17) is 4.74 Å². The first-order chi connectivity index (χ1) is 14.4. The zero-order valence-corrected chi connectivity index (χ0v) is 18.0. The lowest BCUT2D eigenvalue weighted by atomic mass is 9.99. The molecule has 30 heavy (non-hydrogen) atoms. The Bertz CT molecular complexity index is 1110. The van der Waals surface area contributed by atoms with E-state index in [1.807, 2.05) is 37.3 Å². The second kappa shape index (κ2) is 9.19. The van der Waals surface area contributed by atoms with Crippen molar-refractivity contribution in [3.63, 3.8) is 0 Å². The molecule has 3 rings (SSSR count). The number of benzene rings is 2. The lowest BCUT2D eigenvalue weighted by Crippen LogP contribution is -2.35. The molecular weight excluding hydrogens is 400 g/mol. The van der Waals surface area contributed by atoms with Crippen LogP contribution in [0.15, 0.2) is 78.0 Å². The number of aromatic nitrogens is 1. The fourth-order valence-electron chi connectivity index (χ4n) is 3.34. The summed E-state index contributed by atoms with van der Waals surface area (Å²) < 4.78 is 33.4. The summed E-state index contributed by atoms with van der Waals surface area (Å²) in [5.41, 5.74) is 2.86. The molecule has 156 valence electrons. The molecule has 0 saturated heterocycles. The van der Waals surface area contributed by atoms with Crippen LogP contribution in [0.2, 0.25) is 0 Å². The zero-order chi connectivity index (χ0) is 21.7. The fraction of sp³-hybridized carbons (Fsp3) is 0.217. The first-order valence-corrected chi connectivity index (χ1v) is 11.0. The maximum Gasteiger partial charge on any atom is 0.337 e. The third-order valence-electron chi connectivity index (χ3n) is 4.85. The molecule has 0 fully saturated rings. The van der Waals surface area contributed by atoms with Crippen molar-refractivity contribution in [2.75, 3.05) is 13.7 Å². The Morgan fingerprint density at radius 3 is 2.40 bits per heavy atom. The molecule has 0 radical (unpaired) electrons. The van der Waals surface area contributed by atoms with E-state index < -0.39 is 22.0 Å². The summed E-state index contributed by atoms with van der Waals surface area (Å²) in [7, 11) is -2.66. The molecule has 1 atom stereocenters. The smallest absolute Gasteiger partial charge is 0.337 e. The predicted octanol–water partition coefficient (Wildman–Crippen LogP) is 3.98. The summed E-state index contributed by atoms with van der Waals surface area (Å²) in [5, 5.41) is 0. The van der Waals surface area contributed by atoms with Gasteiger partial charge in [-0.25, -0.2) is 13.2 Å². The van der Waals surface area contributed by atoms with E-state index >= 15 is 0 Å². The number of nitrogens with zero attached hydrogens (tertiary/aromatic N) is 2. The van der Waals surface area contributed by atoms with Crippen molar-refractivity contribution in [2.24, 2.45) is 0 Å². The van der Waals surface area contributed by atoms with Gasteiger partial charge in [0.15, 0.2) is 0 Å². The Balaban J connectivity index is 2.14. The molecule has 0 unspecified atom stereocenters. The number of rotatable bonds is 7. The highest BCUT2D eigenvalue weighted by Crippen LogP contribution is 2.33. The molecule has 0 aliphatic heterocycles. The standard InChI is InChI=1S/C23H24N2O4S/c1-4-25(30(27,28)21-9-5-7-19(15-21)23(26)29-3)22(20-8-6-14-24-16-20)18-12-10-17(2)11-13-18/h5-16,22H,4H2,1-3H3/t22-/m0/s1. The van der Waals surface area contributed by atoms with Gasteiger partial charge in [-0.05, 0) is 42.3 Å². The highest BCUT2D eigenvalue weighted by Gasteiger charge is 2.33. The molecule has 0 N–H and O–H groups in total. The lowest BCUT2D eigenvalue weighted by molar-refractivity contribution is 0.0600. The van der Waals surface area contributed by atoms with Gasteiger partial charge in [0.05, 0.1) is 23.6 Å². The largest absolute Gasteiger partial charge is 0.465 e. The molecule has 0 aliphatic carbocycles. The van der Waals surface area contributed by atoms with Gasteiger partial charge in [0.1, 0.15) is 0 Å². The molecule has 0 spiro atoms. The minimum atomic E-state index is -3.92. The van der Waals surface area contributed by atoms with E-state index in [0.717, 1.165) is 16.7 Å². The van der Waals surface area contributed by atoms with Crippen LogP contribution in [0.3, 0.4) is 0 Å². The van der Waals surface area contributed by atoms with Crippen LogP contribution in [0, 0.1) is 6.92 Å². The van der Waals surface area contributed by atoms with Crippen LogP contribution in [0.4, 0.5) is 0 Å². The van der Waals surface area contributed by atoms with Crippen LogP contribution < -0.4 is 0 Å². The fourth-order valence-corrected chi connectivity index (χ4v) is 5.00. The Morgan fingerprint density at radius 1 is 1.07 bits per heavy atom. The molecule has 0 saturated carbocycles. The summed E-state index contributed by atoms with van der Waals surface area (Å²) in [6.45, 7) is 4.01. The Hall–Kier alpha value is -3.03. The highest BCUT2D eigenvalue weighted by atomic mass is 32.2. The van der Waals surface area contributed by atoms with Crippen molar-refractivity contribution in [1.29, 1.82) is 0 Å². The van der Waals surface area contributed by atoms with Gasteiger partial charge in [-0.2, -0.15) is 4.31 Å². The Kier molecular flexibility index (Phi) is 6.64. The molecule has 2 aromatic carbocycles. The summed E-state index contributed by atoms with van der Waals surface area (Å²) in [6, 6.07) is 16.8. The van der Waals surface area contributed by atoms with Crippen LogP contribution >= 0.6 is 0 Å². The SMILES string of the molecule is CCN([C@@H](c1ccc(C)cc1)c1cccnc1)S(=O)(=O)c1cccc(C(=O)OC)c1. The molecule has 3 aromatic rings. The van der Waals surface area contributed by atoms with E-state index in [0.29, 0.717) is 0 Å². The highest BCUT2D eigenvalue weighted by molar-refractivity contribution is 7.89. The van der Waals surface area contributed by atoms with Gasteiger partial charge in [0.2, 0.25) is 10.0 Å². The number of ether oxygens (including phenoxy) is 1. The van der Waals surface area contributed by atoms with Crippen molar-refractivity contribution < 1.29 is 17.9 Å². The van der Waals surface area contributed by atoms with Crippen molar-refractivity contribution in [3.8, 4) is 0 Å². The molecule has 0 amide bonds. The topological polar surface area (TPSA) is 76.6 Å². The van der Waals surface area contributed by atoms with Crippen molar-refractivity contribution in [2.45, 2.75) is 24.8 Å². The summed E-state index contributed by atoms with van der Waals surface area (Å²) >= 11 is 0. The van der Waals surface area contributed by atoms with Crippen LogP contribution in [0.5, 0.6) is 0 Å². The average molecular weight is 425 g/mol. The molecular formula is C23H24N2O4S. The number of hydrogen-bond acceptors (Lipinski definition) is 5. The number of carbonyl (C=O) groups is 1. The minimum absolute atomic E-state index is 0.0354. The zero-order valence-electron chi connectivity index (χ0n) is 17.1. The Morgan fingerprint density at radius 2 is 1.80 bits per heavy atom. The van der Waals surface area contributed by atoms with Gasteiger partial charge in [0.25, 0.3) is 0 Å². The number of pyridine rings is 1. The van der Waals surface area contributed by atoms with Crippen LogP contribution in [-0.2, 0) is 14.8 Å². The molecule has 6 nitrogen and oxygen atoms in total. The quantitative estimate of drug-likeness (QED) is 0.536. The number of methoxy groups -OCH3 is 1. The number of aryl methyl sites for hydroxylation is 1. The maximum absolute atomic E-state index is 13.6. The van der Waals surface area contributed by atoms with E-state index in [1.165, 1.54) is 35.7 Å². The number of sulfonamides is 1. The van der Waals surface area contributed by atoms with Crippen molar-refractivity contribution in [1.82, 2.24) is 9.29 Å². The van der Waals surface area contributed by atoms with Crippen LogP contribution in [0.25, 0.3) is 0 Å². The van der Waals surface area contributed by atoms with Crippen molar-refractivity contribution >= 4 is 16.0 Å². The lowest BCUT2D eigenvalue weighted by Gasteiger charge is -2.30. The van der Waals surface area contributed by atoms with Gasteiger partial charge in [0, 0.05) is 18.9 Å². The maximum atomic E-state index is 13.6. The molecule has 1 aromatic heterocycles. The van der Waals surface area contributed by atoms with Gasteiger partial charge >= 0.3 is 5.97 Å². The first-order valence-electron chi connectivity index (χ1n) is 9.55. The molecule has 1 heterocycles. The number of carbonyl (C=O) groups excluding carboxylic acids is 1. The normalized spacial score (nSPS) is 12.5. The van der Waals surface area contributed by atoms with Crippen molar-refractivity contribution in [3.05, 3.63) is 95.3 Å². The van der Waals surface area contributed by atoms with Gasteiger partial charge in [-0.15, -0.1) is 0 Å². The van der Waals surface area contributed by atoms with Gasteiger partial charge in [-0.1, -0.05) is 48.9 Å². The average Bonchev–Trinajstić information content (AvgIpc) is 2.78. The minimum Gasteiger partial charge on any atom is -0.465 e. The van der Waals surface area contributed by atoms with E-state index in [9.17, 15) is 13.2 Å². The van der Waals surface area contributed by atoms with E-state index in [-0.39, 0.29) is 17.0 Å². The third-order valence-corrected chi connectivity index (χ3v) is 6.79. The number of hydrogen-bond donors (Lipinski definition) is 0. The molecule has 7 heteroatoms. The first kappa shape index (κ1) is 21.7. The molecule has 0 aliphatic rings. The number of esters is 1.